The predicted octanol–water partition coefficient (Wildman–Crippen LogP) is 4.68. The third-order valence-corrected chi connectivity index (χ3v) is 5.32. The zero-order chi connectivity index (χ0) is 19.9. The fourth-order valence-corrected chi connectivity index (χ4v) is 3.52. The van der Waals surface area contributed by atoms with Crippen molar-refractivity contribution in [3.05, 3.63) is 48.0 Å². The molecule has 2 aromatic carbocycles. The van der Waals surface area contributed by atoms with Crippen LogP contribution < -0.4 is 20.3 Å². The number of hydrogen-bond donors (Lipinski definition) is 2. The number of hydrogen-bond acceptors (Lipinski definition) is 4. The second-order valence-electron chi connectivity index (χ2n) is 7.65. The van der Waals surface area contributed by atoms with E-state index in [1.807, 2.05) is 37.3 Å². The van der Waals surface area contributed by atoms with E-state index in [0.29, 0.717) is 13.0 Å². The summed E-state index contributed by atoms with van der Waals surface area (Å²) in [5.41, 5.74) is 4.14. The summed E-state index contributed by atoms with van der Waals surface area (Å²) in [6.45, 7) is 7.13. The lowest BCUT2D eigenvalue weighted by molar-refractivity contribution is -0.115. The third-order valence-electron chi connectivity index (χ3n) is 5.32. The molecule has 2 N–H and O–H groups in total. The first-order valence-electron chi connectivity index (χ1n) is 10.1. The van der Waals surface area contributed by atoms with Gasteiger partial charge in [-0.05, 0) is 67.6 Å². The fraction of sp³-hybridized carbons (Fsp3) is 0.435. The van der Waals surface area contributed by atoms with Gasteiger partial charge in [0.25, 0.3) is 0 Å². The van der Waals surface area contributed by atoms with Crippen molar-refractivity contribution in [2.24, 2.45) is 5.92 Å². The lowest BCUT2D eigenvalue weighted by atomic mass is 9.99. The van der Waals surface area contributed by atoms with Crippen LogP contribution in [0.25, 0.3) is 0 Å². The summed E-state index contributed by atoms with van der Waals surface area (Å²) in [5, 5.41) is 6.26. The van der Waals surface area contributed by atoms with Crippen LogP contribution in [0.15, 0.2) is 42.5 Å². The number of carbonyl (C=O) groups excluding carboxylic acids is 1. The number of methoxy groups -OCH3 is 1. The van der Waals surface area contributed by atoms with Crippen molar-refractivity contribution in [1.82, 2.24) is 0 Å². The first-order chi connectivity index (χ1) is 13.5. The average molecular weight is 382 g/mol. The second kappa shape index (κ2) is 9.49. The van der Waals surface area contributed by atoms with Gasteiger partial charge in [-0.25, -0.2) is 0 Å². The Morgan fingerprint density at radius 1 is 1.14 bits per heavy atom. The van der Waals surface area contributed by atoms with E-state index < -0.39 is 0 Å². The zero-order valence-corrected chi connectivity index (χ0v) is 17.1. The summed E-state index contributed by atoms with van der Waals surface area (Å²) >= 11 is 0. The highest BCUT2D eigenvalue weighted by Crippen LogP contribution is 2.26. The Kier molecular flexibility index (Phi) is 6.80. The van der Waals surface area contributed by atoms with Crippen molar-refractivity contribution in [1.29, 1.82) is 0 Å². The lowest BCUT2D eigenvalue weighted by Crippen LogP contribution is -2.32. The standard InChI is InChI=1S/C23H31N3O2/c1-17-11-14-26(15-12-17)20-7-5-19(6-8-20)25-23(27)10-13-24-21-16-18(2)4-9-22(21)28-3/h4-9,16-17,24H,10-15H2,1-3H3,(H,25,27). The van der Waals surface area contributed by atoms with Gasteiger partial charge >= 0.3 is 0 Å². The summed E-state index contributed by atoms with van der Waals surface area (Å²) in [7, 11) is 1.65. The van der Waals surface area contributed by atoms with E-state index >= 15 is 0 Å². The smallest absolute Gasteiger partial charge is 0.226 e. The van der Waals surface area contributed by atoms with E-state index in [4.69, 9.17) is 4.74 Å². The fourth-order valence-electron chi connectivity index (χ4n) is 3.52. The highest BCUT2D eigenvalue weighted by atomic mass is 16.5. The molecule has 1 saturated heterocycles. The molecule has 1 aliphatic heterocycles. The normalized spacial score (nSPS) is 14.6. The molecular weight excluding hydrogens is 350 g/mol. The summed E-state index contributed by atoms with van der Waals surface area (Å²) < 4.78 is 5.35. The minimum atomic E-state index is -0.00123. The number of ether oxygens (including phenoxy) is 1. The molecule has 0 unspecified atom stereocenters. The van der Waals surface area contributed by atoms with Gasteiger partial charge in [-0.2, -0.15) is 0 Å². The first-order valence-corrected chi connectivity index (χ1v) is 10.1. The molecule has 0 radical (unpaired) electrons. The van der Waals surface area contributed by atoms with Gasteiger partial charge in [-0.3, -0.25) is 4.79 Å². The third kappa shape index (κ3) is 5.41. The SMILES string of the molecule is COc1ccc(C)cc1NCCC(=O)Nc1ccc(N2CCC(C)CC2)cc1. The van der Waals surface area contributed by atoms with E-state index in [-0.39, 0.29) is 5.91 Å². The van der Waals surface area contributed by atoms with Crippen LogP contribution in [0.4, 0.5) is 17.1 Å². The Morgan fingerprint density at radius 2 is 1.86 bits per heavy atom. The van der Waals surface area contributed by atoms with Gasteiger partial charge in [0.05, 0.1) is 12.8 Å². The number of amides is 1. The van der Waals surface area contributed by atoms with Crippen LogP contribution in [0.1, 0.15) is 31.7 Å². The molecule has 1 fully saturated rings. The van der Waals surface area contributed by atoms with Gasteiger partial charge in [0.1, 0.15) is 5.75 Å². The number of rotatable bonds is 7. The van der Waals surface area contributed by atoms with Gasteiger partial charge in [-0.1, -0.05) is 13.0 Å². The quantitative estimate of drug-likeness (QED) is 0.731. The van der Waals surface area contributed by atoms with Crippen LogP contribution >= 0.6 is 0 Å². The number of nitrogens with one attached hydrogen (secondary N) is 2. The molecule has 0 aliphatic carbocycles. The van der Waals surface area contributed by atoms with Crippen molar-refractivity contribution < 1.29 is 9.53 Å². The van der Waals surface area contributed by atoms with Crippen LogP contribution in [0, 0.1) is 12.8 Å². The van der Waals surface area contributed by atoms with Gasteiger partial charge < -0.3 is 20.3 Å². The molecule has 5 heteroatoms. The van der Waals surface area contributed by atoms with Gasteiger partial charge in [0.2, 0.25) is 5.91 Å². The summed E-state index contributed by atoms with van der Waals surface area (Å²) in [6, 6.07) is 14.1. The van der Waals surface area contributed by atoms with Crippen LogP contribution in [-0.2, 0) is 4.79 Å². The van der Waals surface area contributed by atoms with Crippen molar-refractivity contribution in [2.45, 2.75) is 33.1 Å². The molecule has 1 aliphatic rings. The number of aryl methyl sites for hydroxylation is 1. The second-order valence-corrected chi connectivity index (χ2v) is 7.65. The highest BCUT2D eigenvalue weighted by Gasteiger charge is 2.16. The van der Waals surface area contributed by atoms with Crippen molar-refractivity contribution in [3.8, 4) is 5.75 Å². The summed E-state index contributed by atoms with van der Waals surface area (Å²) in [4.78, 5) is 14.7. The van der Waals surface area contributed by atoms with Crippen molar-refractivity contribution in [2.75, 3.05) is 42.3 Å². The van der Waals surface area contributed by atoms with Crippen molar-refractivity contribution >= 4 is 23.0 Å². The molecule has 3 rings (SSSR count). The Hall–Kier alpha value is -2.69. The molecule has 1 heterocycles. The number of carbonyl (C=O) groups is 1. The Labute approximate surface area is 168 Å². The maximum Gasteiger partial charge on any atom is 0.226 e. The largest absolute Gasteiger partial charge is 0.495 e. The molecule has 0 aromatic heterocycles. The Bertz CT molecular complexity index is 781. The van der Waals surface area contributed by atoms with Crippen LogP contribution in [0.3, 0.4) is 0 Å². The monoisotopic (exact) mass is 381 g/mol. The predicted molar refractivity (Wildman–Crippen MR) is 117 cm³/mol. The molecule has 0 bridgehead atoms. The molecule has 0 atom stereocenters. The summed E-state index contributed by atoms with van der Waals surface area (Å²) in [6.07, 6.45) is 2.89. The Morgan fingerprint density at radius 3 is 2.54 bits per heavy atom. The lowest BCUT2D eigenvalue weighted by Gasteiger charge is -2.32. The number of anilines is 3. The number of benzene rings is 2. The zero-order valence-electron chi connectivity index (χ0n) is 17.1. The maximum absolute atomic E-state index is 12.3. The van der Waals surface area contributed by atoms with Gasteiger partial charge in [0.15, 0.2) is 0 Å². The summed E-state index contributed by atoms with van der Waals surface area (Å²) in [5.74, 6) is 1.61. The van der Waals surface area contributed by atoms with E-state index in [1.54, 1.807) is 7.11 Å². The first kappa shape index (κ1) is 20.1. The van der Waals surface area contributed by atoms with Crippen molar-refractivity contribution in [3.63, 3.8) is 0 Å². The molecule has 0 spiro atoms. The molecule has 2 aromatic rings. The number of piperidine rings is 1. The topological polar surface area (TPSA) is 53.6 Å². The van der Waals surface area contributed by atoms with Crippen LogP contribution in [0.2, 0.25) is 0 Å². The van der Waals surface area contributed by atoms with Gasteiger partial charge in [-0.15, -0.1) is 0 Å². The van der Waals surface area contributed by atoms with E-state index in [9.17, 15) is 4.79 Å². The number of nitrogens with zero attached hydrogens (tertiary/aromatic N) is 1. The van der Waals surface area contributed by atoms with Gasteiger partial charge in [0, 0.05) is 37.4 Å². The molecule has 150 valence electrons. The average Bonchev–Trinajstić information content (AvgIpc) is 2.69. The van der Waals surface area contributed by atoms with E-state index in [2.05, 4.69) is 34.6 Å². The van der Waals surface area contributed by atoms with E-state index in [0.717, 1.165) is 41.7 Å². The highest BCUT2D eigenvalue weighted by molar-refractivity contribution is 5.91. The molecule has 1 amide bonds. The minimum absolute atomic E-state index is 0.00123. The van der Waals surface area contributed by atoms with Crippen LogP contribution in [-0.4, -0.2) is 32.7 Å². The maximum atomic E-state index is 12.3. The minimum Gasteiger partial charge on any atom is -0.495 e. The van der Waals surface area contributed by atoms with E-state index in [1.165, 1.54) is 18.5 Å². The molecule has 28 heavy (non-hydrogen) atoms. The molecule has 5 nitrogen and oxygen atoms in total. The molecular formula is C23H31N3O2. The molecule has 0 saturated carbocycles. The van der Waals surface area contributed by atoms with Crippen LogP contribution in [0.5, 0.6) is 5.75 Å². The Balaban J connectivity index is 1.46.